The number of aromatic nitrogens is 2. The van der Waals surface area contributed by atoms with Crippen molar-refractivity contribution in [2.45, 2.75) is 32.6 Å². The van der Waals surface area contributed by atoms with Gasteiger partial charge in [-0.25, -0.2) is 4.98 Å². The lowest BCUT2D eigenvalue weighted by atomic mass is 10.0. The maximum atomic E-state index is 6.13. The molecule has 4 nitrogen and oxygen atoms in total. The molecule has 98 valence electrons. The van der Waals surface area contributed by atoms with E-state index in [1.807, 2.05) is 6.92 Å². The smallest absolute Gasteiger partial charge is 0.224 e. The highest BCUT2D eigenvalue weighted by molar-refractivity contribution is 6.32. The Balaban J connectivity index is 1.66. The van der Waals surface area contributed by atoms with Crippen molar-refractivity contribution in [1.82, 2.24) is 9.97 Å². The van der Waals surface area contributed by atoms with Gasteiger partial charge in [0.2, 0.25) is 5.95 Å². The van der Waals surface area contributed by atoms with Gasteiger partial charge in [-0.05, 0) is 43.9 Å². The molecule has 0 amide bonds. The van der Waals surface area contributed by atoms with Gasteiger partial charge in [-0.3, -0.25) is 0 Å². The van der Waals surface area contributed by atoms with Gasteiger partial charge >= 0.3 is 0 Å². The van der Waals surface area contributed by atoms with Crippen LogP contribution in [0.15, 0.2) is 6.20 Å². The van der Waals surface area contributed by atoms with Crippen molar-refractivity contribution in [3.8, 4) is 0 Å². The number of hydrogen-bond acceptors (Lipinski definition) is 4. The van der Waals surface area contributed by atoms with E-state index in [9.17, 15) is 0 Å². The van der Waals surface area contributed by atoms with Gasteiger partial charge in [-0.15, -0.1) is 0 Å². The summed E-state index contributed by atoms with van der Waals surface area (Å²) in [4.78, 5) is 8.55. The molecule has 0 spiro atoms. The van der Waals surface area contributed by atoms with Crippen molar-refractivity contribution in [3.63, 3.8) is 0 Å². The van der Waals surface area contributed by atoms with E-state index in [-0.39, 0.29) is 0 Å². The van der Waals surface area contributed by atoms with Crippen LogP contribution >= 0.6 is 11.6 Å². The lowest BCUT2D eigenvalue weighted by molar-refractivity contribution is 0.466. The molecule has 2 aliphatic carbocycles. The van der Waals surface area contributed by atoms with Gasteiger partial charge in [-0.2, -0.15) is 4.98 Å². The monoisotopic (exact) mass is 266 g/mol. The first kappa shape index (κ1) is 12.0. The van der Waals surface area contributed by atoms with E-state index in [1.165, 1.54) is 25.7 Å². The zero-order valence-corrected chi connectivity index (χ0v) is 11.4. The van der Waals surface area contributed by atoms with Crippen molar-refractivity contribution < 1.29 is 0 Å². The van der Waals surface area contributed by atoms with Crippen LogP contribution in [0, 0.1) is 11.3 Å². The summed E-state index contributed by atoms with van der Waals surface area (Å²) in [6.07, 6.45) is 7.18. The zero-order chi connectivity index (χ0) is 12.6. The lowest BCUT2D eigenvalue weighted by Crippen LogP contribution is -2.18. The van der Waals surface area contributed by atoms with E-state index in [0.29, 0.717) is 16.4 Å². The van der Waals surface area contributed by atoms with Crippen LogP contribution in [0.5, 0.6) is 0 Å². The summed E-state index contributed by atoms with van der Waals surface area (Å²) in [7, 11) is 0. The normalized spacial score (nSPS) is 20.6. The maximum Gasteiger partial charge on any atom is 0.224 e. The van der Waals surface area contributed by atoms with Crippen LogP contribution < -0.4 is 10.6 Å². The standard InChI is InChI=1S/C13H19ClN4/c1-2-15-12-16-7-10(14)11(18-12)17-8-13(5-6-13)9-3-4-9/h7,9H,2-6,8H2,1H3,(H2,15,16,17,18). The summed E-state index contributed by atoms with van der Waals surface area (Å²) in [5, 5.41) is 7.12. The molecule has 3 rings (SSSR count). The molecule has 2 N–H and O–H groups in total. The molecular formula is C13H19ClN4. The Hall–Kier alpha value is -1.03. The molecule has 0 aromatic carbocycles. The van der Waals surface area contributed by atoms with Crippen LogP contribution in [0.4, 0.5) is 11.8 Å². The summed E-state index contributed by atoms with van der Waals surface area (Å²) in [5.74, 6) is 2.34. The second kappa shape index (κ2) is 4.57. The van der Waals surface area contributed by atoms with E-state index < -0.39 is 0 Å². The van der Waals surface area contributed by atoms with Crippen LogP contribution in [0.2, 0.25) is 5.02 Å². The Morgan fingerprint density at radius 3 is 2.78 bits per heavy atom. The molecule has 0 atom stereocenters. The highest BCUT2D eigenvalue weighted by atomic mass is 35.5. The quantitative estimate of drug-likeness (QED) is 0.830. The summed E-state index contributed by atoms with van der Waals surface area (Å²) in [6.45, 7) is 3.84. The first-order valence-electron chi connectivity index (χ1n) is 6.74. The SMILES string of the molecule is CCNc1ncc(Cl)c(NCC2(C3CC3)CC2)n1. The minimum absolute atomic E-state index is 0.548. The highest BCUT2D eigenvalue weighted by Gasteiger charge is 2.53. The van der Waals surface area contributed by atoms with Gasteiger partial charge in [-0.1, -0.05) is 11.6 Å². The molecule has 5 heteroatoms. The molecule has 18 heavy (non-hydrogen) atoms. The summed E-state index contributed by atoms with van der Waals surface area (Å²) >= 11 is 6.13. The minimum Gasteiger partial charge on any atom is -0.368 e. The Morgan fingerprint density at radius 1 is 1.39 bits per heavy atom. The zero-order valence-electron chi connectivity index (χ0n) is 10.7. The molecular weight excluding hydrogens is 248 g/mol. The molecule has 2 aliphatic rings. The third-order valence-electron chi connectivity index (χ3n) is 4.02. The van der Waals surface area contributed by atoms with E-state index in [2.05, 4.69) is 20.6 Å². The molecule has 1 aromatic heterocycles. The van der Waals surface area contributed by atoms with Gasteiger partial charge in [0.25, 0.3) is 0 Å². The molecule has 0 bridgehead atoms. The molecule has 2 fully saturated rings. The van der Waals surface area contributed by atoms with E-state index in [0.717, 1.165) is 24.8 Å². The molecule has 0 saturated heterocycles. The Kier molecular flexibility index (Phi) is 3.06. The summed E-state index contributed by atoms with van der Waals surface area (Å²) in [6, 6.07) is 0. The second-order valence-electron chi connectivity index (χ2n) is 5.41. The van der Waals surface area contributed by atoms with E-state index in [4.69, 9.17) is 11.6 Å². The van der Waals surface area contributed by atoms with Crippen molar-refractivity contribution in [2.75, 3.05) is 23.7 Å². The fourth-order valence-corrected chi connectivity index (χ4v) is 2.74. The summed E-state index contributed by atoms with van der Waals surface area (Å²) < 4.78 is 0. The number of anilines is 2. The second-order valence-corrected chi connectivity index (χ2v) is 5.82. The molecule has 0 aliphatic heterocycles. The largest absolute Gasteiger partial charge is 0.368 e. The van der Waals surface area contributed by atoms with Crippen molar-refractivity contribution >= 4 is 23.4 Å². The minimum atomic E-state index is 0.548. The first-order valence-corrected chi connectivity index (χ1v) is 7.11. The van der Waals surface area contributed by atoms with Crippen LogP contribution in [-0.2, 0) is 0 Å². The Labute approximate surface area is 113 Å². The predicted octanol–water partition coefficient (Wildman–Crippen LogP) is 3.16. The molecule has 0 unspecified atom stereocenters. The third kappa shape index (κ3) is 2.39. The topological polar surface area (TPSA) is 49.8 Å². The van der Waals surface area contributed by atoms with Crippen LogP contribution in [-0.4, -0.2) is 23.1 Å². The fourth-order valence-electron chi connectivity index (χ4n) is 2.58. The first-order chi connectivity index (χ1) is 8.73. The number of nitrogens with zero attached hydrogens (tertiary/aromatic N) is 2. The Bertz CT molecular complexity index is 441. The molecule has 2 saturated carbocycles. The van der Waals surface area contributed by atoms with E-state index >= 15 is 0 Å². The van der Waals surface area contributed by atoms with Crippen LogP contribution in [0.25, 0.3) is 0 Å². The average Bonchev–Trinajstić information content (AvgIpc) is 3.23. The fraction of sp³-hybridized carbons (Fsp3) is 0.692. The average molecular weight is 267 g/mol. The van der Waals surface area contributed by atoms with Gasteiger partial charge in [0.1, 0.15) is 5.02 Å². The van der Waals surface area contributed by atoms with Crippen molar-refractivity contribution in [2.24, 2.45) is 11.3 Å². The van der Waals surface area contributed by atoms with E-state index in [1.54, 1.807) is 6.20 Å². The summed E-state index contributed by atoms with van der Waals surface area (Å²) in [5.41, 5.74) is 0.548. The molecule has 0 radical (unpaired) electrons. The van der Waals surface area contributed by atoms with Gasteiger partial charge in [0.05, 0.1) is 6.20 Å². The van der Waals surface area contributed by atoms with Gasteiger partial charge in [0, 0.05) is 13.1 Å². The third-order valence-corrected chi connectivity index (χ3v) is 4.30. The van der Waals surface area contributed by atoms with Crippen LogP contribution in [0.3, 0.4) is 0 Å². The number of nitrogens with one attached hydrogen (secondary N) is 2. The Morgan fingerprint density at radius 2 is 2.17 bits per heavy atom. The molecule has 1 heterocycles. The van der Waals surface area contributed by atoms with Gasteiger partial charge < -0.3 is 10.6 Å². The highest BCUT2D eigenvalue weighted by Crippen LogP contribution is 2.61. The number of halogens is 1. The van der Waals surface area contributed by atoms with Crippen molar-refractivity contribution in [3.05, 3.63) is 11.2 Å². The maximum absolute atomic E-state index is 6.13. The molecule has 1 aromatic rings. The number of rotatable bonds is 6. The van der Waals surface area contributed by atoms with Crippen LogP contribution in [0.1, 0.15) is 32.6 Å². The predicted molar refractivity (Wildman–Crippen MR) is 74.1 cm³/mol. The van der Waals surface area contributed by atoms with Gasteiger partial charge in [0.15, 0.2) is 5.82 Å². The van der Waals surface area contributed by atoms with Crippen molar-refractivity contribution in [1.29, 1.82) is 0 Å². The number of hydrogen-bond donors (Lipinski definition) is 2. The lowest BCUT2D eigenvalue weighted by Gasteiger charge is -2.16.